The van der Waals surface area contributed by atoms with Crippen molar-refractivity contribution in [2.24, 2.45) is 10.2 Å². The van der Waals surface area contributed by atoms with E-state index in [0.717, 1.165) is 13.1 Å². The molecule has 32 heavy (non-hydrogen) atoms. The number of aromatic hydroxyl groups is 2. The van der Waals surface area contributed by atoms with Gasteiger partial charge in [-0.25, -0.2) is 0 Å². The standard InChI is InChI=1S/2C9H12O4.C4H10N2/c2*1-13-9-4-6(8(12)5-10)2-3-7(9)11;1-3-5-6-4-2/h2*2-4,8,10-12H,5H2,1H3;3-4H2,1-2H3. The van der Waals surface area contributed by atoms with E-state index in [1.807, 2.05) is 13.8 Å². The summed E-state index contributed by atoms with van der Waals surface area (Å²) in [5.74, 6) is 0.586. The van der Waals surface area contributed by atoms with Crippen LogP contribution in [0.5, 0.6) is 23.0 Å². The fourth-order valence-electron chi connectivity index (χ4n) is 2.21. The Hall–Kier alpha value is -2.92. The SMILES string of the molecule is CCN=NCC.COc1cc(C(O)CO)ccc1O.COc1cc(C(O)CO)ccc1O. The Morgan fingerprint density at radius 3 is 1.31 bits per heavy atom. The van der Waals surface area contributed by atoms with Gasteiger partial charge in [-0.1, -0.05) is 12.1 Å². The van der Waals surface area contributed by atoms with Crippen LogP contribution >= 0.6 is 0 Å². The molecule has 0 saturated carbocycles. The monoisotopic (exact) mass is 454 g/mol. The number of methoxy groups -OCH3 is 2. The Labute approximate surface area is 188 Å². The predicted octanol–water partition coefficient (Wildman–Crippen LogP) is 2.33. The first-order chi connectivity index (χ1) is 15.3. The number of azo groups is 1. The fourth-order valence-corrected chi connectivity index (χ4v) is 2.21. The van der Waals surface area contributed by atoms with Gasteiger partial charge in [0.1, 0.15) is 12.2 Å². The molecule has 0 aliphatic rings. The molecule has 0 amide bonds. The normalized spacial score (nSPS) is 12.1. The molecule has 0 saturated heterocycles. The molecule has 2 rings (SSSR count). The van der Waals surface area contributed by atoms with Crippen LogP contribution in [0.2, 0.25) is 0 Å². The molecule has 0 heterocycles. The lowest BCUT2D eigenvalue weighted by Crippen LogP contribution is -2.02. The summed E-state index contributed by atoms with van der Waals surface area (Å²) in [5.41, 5.74) is 1.02. The van der Waals surface area contributed by atoms with Crippen LogP contribution in [-0.2, 0) is 0 Å². The van der Waals surface area contributed by atoms with E-state index in [0.29, 0.717) is 11.1 Å². The molecule has 180 valence electrons. The Bertz CT molecular complexity index is 736. The molecule has 0 fully saturated rings. The highest BCUT2D eigenvalue weighted by Gasteiger charge is 2.10. The molecule has 0 radical (unpaired) electrons. The van der Waals surface area contributed by atoms with Gasteiger partial charge in [0.05, 0.1) is 40.5 Å². The molecule has 2 aromatic carbocycles. The summed E-state index contributed by atoms with van der Waals surface area (Å²) in [6.07, 6.45) is -1.87. The molecular weight excluding hydrogens is 420 g/mol. The molecular formula is C22H34N2O8. The molecule has 0 spiro atoms. The van der Waals surface area contributed by atoms with Gasteiger partial charge in [-0.3, -0.25) is 0 Å². The minimum Gasteiger partial charge on any atom is -0.504 e. The highest BCUT2D eigenvalue weighted by atomic mass is 16.5. The molecule has 10 heteroatoms. The highest BCUT2D eigenvalue weighted by Crippen LogP contribution is 2.29. The number of phenolic OH excluding ortho intramolecular Hbond substituents is 2. The van der Waals surface area contributed by atoms with Gasteiger partial charge >= 0.3 is 0 Å². The van der Waals surface area contributed by atoms with Gasteiger partial charge < -0.3 is 40.1 Å². The van der Waals surface area contributed by atoms with E-state index < -0.39 is 12.2 Å². The number of hydrogen-bond donors (Lipinski definition) is 6. The van der Waals surface area contributed by atoms with Crippen LogP contribution in [-0.4, -0.2) is 71.2 Å². The van der Waals surface area contributed by atoms with E-state index in [1.165, 1.54) is 50.6 Å². The van der Waals surface area contributed by atoms with E-state index in [1.54, 1.807) is 0 Å². The lowest BCUT2D eigenvalue weighted by Gasteiger charge is -2.09. The van der Waals surface area contributed by atoms with Gasteiger partial charge in [0.15, 0.2) is 23.0 Å². The van der Waals surface area contributed by atoms with E-state index in [9.17, 15) is 20.4 Å². The van der Waals surface area contributed by atoms with Crippen molar-refractivity contribution in [3.05, 3.63) is 47.5 Å². The lowest BCUT2D eigenvalue weighted by molar-refractivity contribution is 0.0953. The van der Waals surface area contributed by atoms with Crippen molar-refractivity contribution in [3.63, 3.8) is 0 Å². The number of phenols is 2. The second-order valence-corrected chi connectivity index (χ2v) is 6.17. The first-order valence-electron chi connectivity index (χ1n) is 9.94. The lowest BCUT2D eigenvalue weighted by atomic mass is 10.1. The summed E-state index contributed by atoms with van der Waals surface area (Å²) >= 11 is 0. The Morgan fingerprint density at radius 1 is 0.719 bits per heavy atom. The summed E-state index contributed by atoms with van der Waals surface area (Å²) in [4.78, 5) is 0. The van der Waals surface area contributed by atoms with Crippen molar-refractivity contribution in [1.29, 1.82) is 0 Å². The van der Waals surface area contributed by atoms with E-state index >= 15 is 0 Å². The second-order valence-electron chi connectivity index (χ2n) is 6.17. The topological polar surface area (TPSA) is 165 Å². The minimum absolute atomic E-state index is 0.0105. The van der Waals surface area contributed by atoms with Crippen LogP contribution in [0.1, 0.15) is 37.2 Å². The molecule has 0 aromatic heterocycles. The van der Waals surface area contributed by atoms with E-state index in [-0.39, 0.29) is 36.2 Å². The van der Waals surface area contributed by atoms with Gasteiger partial charge in [0, 0.05) is 0 Å². The van der Waals surface area contributed by atoms with Gasteiger partial charge in [-0.05, 0) is 49.2 Å². The van der Waals surface area contributed by atoms with Crippen molar-refractivity contribution >= 4 is 0 Å². The van der Waals surface area contributed by atoms with Crippen LogP contribution in [0.25, 0.3) is 0 Å². The van der Waals surface area contributed by atoms with Crippen LogP contribution in [0, 0.1) is 0 Å². The summed E-state index contributed by atoms with van der Waals surface area (Å²) in [5, 5.41) is 61.7. The molecule has 2 aromatic rings. The number of aliphatic hydroxyl groups excluding tert-OH is 4. The third kappa shape index (κ3) is 10.4. The Morgan fingerprint density at radius 2 is 1.06 bits per heavy atom. The zero-order valence-corrected chi connectivity index (χ0v) is 18.8. The number of ether oxygens (including phenoxy) is 2. The maximum absolute atomic E-state index is 9.25. The number of nitrogens with zero attached hydrogens (tertiary/aromatic N) is 2. The smallest absolute Gasteiger partial charge is 0.160 e. The van der Waals surface area contributed by atoms with Crippen molar-refractivity contribution in [3.8, 4) is 23.0 Å². The zero-order valence-electron chi connectivity index (χ0n) is 18.8. The predicted molar refractivity (Wildman–Crippen MR) is 119 cm³/mol. The van der Waals surface area contributed by atoms with Crippen molar-refractivity contribution in [1.82, 2.24) is 0 Å². The maximum Gasteiger partial charge on any atom is 0.160 e. The average molecular weight is 455 g/mol. The zero-order chi connectivity index (χ0) is 24.5. The minimum atomic E-state index is -0.936. The van der Waals surface area contributed by atoms with E-state index in [2.05, 4.69) is 10.2 Å². The van der Waals surface area contributed by atoms with Crippen molar-refractivity contribution in [2.45, 2.75) is 26.1 Å². The van der Waals surface area contributed by atoms with Gasteiger partial charge in [0.2, 0.25) is 0 Å². The first kappa shape index (κ1) is 29.1. The highest BCUT2D eigenvalue weighted by molar-refractivity contribution is 5.43. The Kier molecular flexibility index (Phi) is 15.2. The first-order valence-corrected chi connectivity index (χ1v) is 9.94. The number of aliphatic hydroxyl groups is 4. The van der Waals surface area contributed by atoms with Gasteiger partial charge in [0.25, 0.3) is 0 Å². The molecule has 2 atom stereocenters. The quantitative estimate of drug-likeness (QED) is 0.331. The largest absolute Gasteiger partial charge is 0.504 e. The van der Waals surface area contributed by atoms with Crippen molar-refractivity contribution < 1.29 is 40.1 Å². The number of benzene rings is 2. The molecule has 0 bridgehead atoms. The number of hydrogen-bond acceptors (Lipinski definition) is 10. The Balaban J connectivity index is 0.000000484. The van der Waals surface area contributed by atoms with Crippen LogP contribution < -0.4 is 9.47 Å². The maximum atomic E-state index is 9.25. The molecule has 6 N–H and O–H groups in total. The third-order valence-corrected chi connectivity index (χ3v) is 3.91. The summed E-state index contributed by atoms with van der Waals surface area (Å²) in [6.45, 7) is 4.86. The summed E-state index contributed by atoms with van der Waals surface area (Å²) in [6, 6.07) is 8.84. The third-order valence-electron chi connectivity index (χ3n) is 3.91. The summed E-state index contributed by atoms with van der Waals surface area (Å²) < 4.78 is 9.68. The molecule has 0 aliphatic heterocycles. The molecule has 2 unspecified atom stereocenters. The van der Waals surface area contributed by atoms with Gasteiger partial charge in [-0.2, -0.15) is 10.2 Å². The molecule has 10 nitrogen and oxygen atoms in total. The van der Waals surface area contributed by atoms with Gasteiger partial charge in [-0.15, -0.1) is 0 Å². The van der Waals surface area contributed by atoms with Crippen molar-refractivity contribution in [2.75, 3.05) is 40.5 Å². The summed E-state index contributed by atoms with van der Waals surface area (Å²) in [7, 11) is 2.84. The van der Waals surface area contributed by atoms with Crippen LogP contribution in [0.15, 0.2) is 46.6 Å². The van der Waals surface area contributed by atoms with Crippen LogP contribution in [0.4, 0.5) is 0 Å². The molecule has 0 aliphatic carbocycles. The second kappa shape index (κ2) is 16.7. The van der Waals surface area contributed by atoms with Crippen LogP contribution in [0.3, 0.4) is 0 Å². The fraction of sp³-hybridized carbons (Fsp3) is 0.455. The number of rotatable bonds is 8. The average Bonchev–Trinajstić information content (AvgIpc) is 2.83. The van der Waals surface area contributed by atoms with E-state index in [4.69, 9.17) is 19.7 Å².